The molecule has 0 atom stereocenters. The molecular formula is C14H16BrN3O. The van der Waals surface area contributed by atoms with E-state index in [1.54, 1.807) is 12.3 Å². The van der Waals surface area contributed by atoms with Crippen molar-refractivity contribution in [2.75, 3.05) is 6.61 Å². The van der Waals surface area contributed by atoms with E-state index in [-0.39, 0.29) is 0 Å². The maximum Gasteiger partial charge on any atom is 0.217 e. The Bertz CT molecular complexity index is 519. The third-order valence-electron chi connectivity index (χ3n) is 2.53. The van der Waals surface area contributed by atoms with Crippen molar-refractivity contribution in [3.8, 4) is 5.88 Å². The Kier molecular flexibility index (Phi) is 5.27. The van der Waals surface area contributed by atoms with E-state index in [1.807, 2.05) is 18.2 Å². The molecule has 0 bridgehead atoms. The molecule has 0 aliphatic rings. The van der Waals surface area contributed by atoms with E-state index >= 15 is 0 Å². The van der Waals surface area contributed by atoms with Gasteiger partial charge in [-0.15, -0.1) is 0 Å². The Labute approximate surface area is 121 Å². The summed E-state index contributed by atoms with van der Waals surface area (Å²) in [5.74, 6) is 1.42. The van der Waals surface area contributed by atoms with Crippen LogP contribution in [0.1, 0.15) is 24.9 Å². The quantitative estimate of drug-likeness (QED) is 0.766. The van der Waals surface area contributed by atoms with Gasteiger partial charge in [-0.1, -0.05) is 13.0 Å². The summed E-state index contributed by atoms with van der Waals surface area (Å²) in [7, 11) is 0. The topological polar surface area (TPSA) is 47.9 Å². The lowest BCUT2D eigenvalue weighted by molar-refractivity contribution is 0.306. The van der Waals surface area contributed by atoms with Crippen molar-refractivity contribution in [1.82, 2.24) is 15.0 Å². The molecule has 2 heterocycles. The molecule has 0 aromatic carbocycles. The molecule has 0 saturated carbocycles. The Hall–Kier alpha value is -1.49. The normalized spacial score (nSPS) is 10.4. The van der Waals surface area contributed by atoms with E-state index in [0.717, 1.165) is 35.4 Å². The van der Waals surface area contributed by atoms with Crippen molar-refractivity contribution in [3.63, 3.8) is 0 Å². The fourth-order valence-electron chi connectivity index (χ4n) is 1.66. The summed E-state index contributed by atoms with van der Waals surface area (Å²) in [5, 5.41) is 0. The molecule has 5 heteroatoms. The predicted octanol–water partition coefficient (Wildman–Crippen LogP) is 3.21. The highest BCUT2D eigenvalue weighted by Crippen LogP contribution is 2.15. The molecule has 0 aliphatic carbocycles. The van der Waals surface area contributed by atoms with Crippen molar-refractivity contribution >= 4 is 15.9 Å². The first kappa shape index (κ1) is 13.9. The number of halogens is 1. The van der Waals surface area contributed by atoms with E-state index in [1.165, 1.54) is 0 Å². The second kappa shape index (κ2) is 7.19. The average molecular weight is 322 g/mol. The van der Waals surface area contributed by atoms with Crippen LogP contribution in [0.25, 0.3) is 0 Å². The molecule has 2 rings (SSSR count). The molecule has 4 nitrogen and oxygen atoms in total. The van der Waals surface area contributed by atoms with Gasteiger partial charge in [-0.05, 0) is 34.5 Å². The molecule has 0 amide bonds. The van der Waals surface area contributed by atoms with Gasteiger partial charge in [-0.3, -0.25) is 4.98 Å². The van der Waals surface area contributed by atoms with Crippen LogP contribution in [-0.4, -0.2) is 21.6 Å². The molecule has 0 saturated heterocycles. The van der Waals surface area contributed by atoms with Crippen LogP contribution in [0.4, 0.5) is 0 Å². The predicted molar refractivity (Wildman–Crippen MR) is 77.2 cm³/mol. The molecule has 0 unspecified atom stereocenters. The molecule has 2 aromatic rings. The summed E-state index contributed by atoms with van der Waals surface area (Å²) in [6.07, 6.45) is 4.43. The number of aryl methyl sites for hydroxylation is 1. The summed E-state index contributed by atoms with van der Waals surface area (Å²) in [4.78, 5) is 12.9. The van der Waals surface area contributed by atoms with Crippen LogP contribution in [0.15, 0.2) is 35.1 Å². The monoisotopic (exact) mass is 321 g/mol. The number of rotatable bonds is 6. The highest BCUT2D eigenvalue weighted by atomic mass is 79.9. The lowest BCUT2D eigenvalue weighted by atomic mass is 10.3. The number of nitrogens with zero attached hydrogens (tertiary/aromatic N) is 3. The van der Waals surface area contributed by atoms with Crippen LogP contribution < -0.4 is 4.74 Å². The van der Waals surface area contributed by atoms with Crippen LogP contribution in [0.2, 0.25) is 0 Å². The molecule has 0 aliphatic heterocycles. The van der Waals surface area contributed by atoms with E-state index in [0.29, 0.717) is 12.5 Å². The lowest BCUT2D eigenvalue weighted by Gasteiger charge is -2.07. The smallest absolute Gasteiger partial charge is 0.217 e. The SMILES string of the molecule is CCCc1nc(Br)cc(OCCc2ccccn2)n1. The van der Waals surface area contributed by atoms with Crippen LogP contribution in [0.5, 0.6) is 5.88 Å². The van der Waals surface area contributed by atoms with Gasteiger partial charge in [0.15, 0.2) is 0 Å². The Morgan fingerprint density at radius 1 is 1.21 bits per heavy atom. The number of pyridine rings is 1. The van der Waals surface area contributed by atoms with Crippen molar-refractivity contribution in [1.29, 1.82) is 0 Å². The maximum atomic E-state index is 5.66. The Morgan fingerprint density at radius 2 is 2.11 bits per heavy atom. The highest BCUT2D eigenvalue weighted by Gasteiger charge is 2.04. The van der Waals surface area contributed by atoms with Gasteiger partial charge in [0.05, 0.1) is 6.61 Å². The van der Waals surface area contributed by atoms with Crippen LogP contribution in [-0.2, 0) is 12.8 Å². The third-order valence-corrected chi connectivity index (χ3v) is 2.93. The zero-order valence-electron chi connectivity index (χ0n) is 10.8. The highest BCUT2D eigenvalue weighted by molar-refractivity contribution is 9.10. The van der Waals surface area contributed by atoms with Crippen molar-refractivity contribution < 1.29 is 4.74 Å². The maximum absolute atomic E-state index is 5.66. The molecule has 19 heavy (non-hydrogen) atoms. The second-order valence-corrected chi connectivity index (χ2v) is 4.93. The van der Waals surface area contributed by atoms with Gasteiger partial charge in [0, 0.05) is 30.8 Å². The molecule has 100 valence electrons. The zero-order valence-corrected chi connectivity index (χ0v) is 12.4. The van der Waals surface area contributed by atoms with Crippen molar-refractivity contribution in [3.05, 3.63) is 46.6 Å². The first-order valence-electron chi connectivity index (χ1n) is 6.34. The van der Waals surface area contributed by atoms with Crippen molar-refractivity contribution in [2.24, 2.45) is 0 Å². The van der Waals surface area contributed by atoms with Crippen LogP contribution in [0, 0.1) is 0 Å². The van der Waals surface area contributed by atoms with Crippen LogP contribution in [0.3, 0.4) is 0 Å². The largest absolute Gasteiger partial charge is 0.477 e. The van der Waals surface area contributed by atoms with Gasteiger partial charge < -0.3 is 4.74 Å². The molecule has 0 spiro atoms. The molecule has 2 aromatic heterocycles. The van der Waals surface area contributed by atoms with E-state index < -0.39 is 0 Å². The molecule has 0 fully saturated rings. The summed E-state index contributed by atoms with van der Waals surface area (Å²) >= 11 is 3.38. The summed E-state index contributed by atoms with van der Waals surface area (Å²) in [6, 6.07) is 7.66. The first-order chi connectivity index (χ1) is 9.28. The third kappa shape index (κ3) is 4.59. The first-order valence-corrected chi connectivity index (χ1v) is 7.13. The van der Waals surface area contributed by atoms with Gasteiger partial charge in [0.2, 0.25) is 5.88 Å². The summed E-state index contributed by atoms with van der Waals surface area (Å²) in [6.45, 7) is 2.66. The van der Waals surface area contributed by atoms with Crippen LogP contribution >= 0.6 is 15.9 Å². The molecular weight excluding hydrogens is 306 g/mol. The fraction of sp³-hybridized carbons (Fsp3) is 0.357. The number of hydrogen-bond acceptors (Lipinski definition) is 4. The van der Waals surface area contributed by atoms with Gasteiger partial charge in [-0.2, -0.15) is 4.98 Å². The minimum atomic E-state index is 0.562. The minimum absolute atomic E-state index is 0.562. The lowest BCUT2D eigenvalue weighted by Crippen LogP contribution is -2.06. The summed E-state index contributed by atoms with van der Waals surface area (Å²) < 4.78 is 6.42. The van der Waals surface area contributed by atoms with Gasteiger partial charge in [0.25, 0.3) is 0 Å². The van der Waals surface area contributed by atoms with Gasteiger partial charge in [-0.25, -0.2) is 4.98 Å². The number of aromatic nitrogens is 3. The molecule has 0 N–H and O–H groups in total. The van der Waals surface area contributed by atoms with E-state index in [2.05, 4.69) is 37.8 Å². The Balaban J connectivity index is 1.92. The Morgan fingerprint density at radius 3 is 2.84 bits per heavy atom. The van der Waals surface area contributed by atoms with Crippen molar-refractivity contribution in [2.45, 2.75) is 26.2 Å². The van der Waals surface area contributed by atoms with E-state index in [4.69, 9.17) is 4.74 Å². The molecule has 0 radical (unpaired) electrons. The van der Waals surface area contributed by atoms with E-state index in [9.17, 15) is 0 Å². The minimum Gasteiger partial charge on any atom is -0.477 e. The average Bonchev–Trinajstić information content (AvgIpc) is 2.40. The summed E-state index contributed by atoms with van der Waals surface area (Å²) in [5.41, 5.74) is 1.02. The standard InChI is InChI=1S/C14H16BrN3O/c1-2-5-13-17-12(15)10-14(18-13)19-9-7-11-6-3-4-8-16-11/h3-4,6,8,10H,2,5,7,9H2,1H3. The number of hydrogen-bond donors (Lipinski definition) is 0. The zero-order chi connectivity index (χ0) is 13.5. The van der Waals surface area contributed by atoms with Gasteiger partial charge >= 0.3 is 0 Å². The van der Waals surface area contributed by atoms with Gasteiger partial charge in [0.1, 0.15) is 10.4 Å². The number of ether oxygens (including phenoxy) is 1. The fourth-order valence-corrected chi connectivity index (χ4v) is 2.06. The second-order valence-electron chi connectivity index (χ2n) is 4.11.